The summed E-state index contributed by atoms with van der Waals surface area (Å²) in [6, 6.07) is 18.9. The van der Waals surface area contributed by atoms with Crippen LogP contribution in [0.15, 0.2) is 87.5 Å². The predicted octanol–water partition coefficient (Wildman–Crippen LogP) is 5.30. The molecule has 0 fully saturated rings. The summed E-state index contributed by atoms with van der Waals surface area (Å²) >= 11 is 0. The number of benzene rings is 3. The molecule has 0 saturated heterocycles. The molecule has 3 aromatic carbocycles. The topological polar surface area (TPSA) is 124 Å². The van der Waals surface area contributed by atoms with Gasteiger partial charge in [-0.3, -0.25) is 14.8 Å². The molecule has 0 aliphatic heterocycles. The van der Waals surface area contributed by atoms with E-state index in [0.29, 0.717) is 22.4 Å². The number of nitrogens with zero attached hydrogens (tertiary/aromatic N) is 2. The van der Waals surface area contributed by atoms with Crippen LogP contribution < -0.4 is 21.3 Å². The summed E-state index contributed by atoms with van der Waals surface area (Å²) in [6.07, 6.45) is 5.70. The van der Waals surface area contributed by atoms with Gasteiger partial charge < -0.3 is 20.1 Å². The molecule has 0 saturated carbocycles. The molecule has 0 radical (unpaired) electrons. The lowest BCUT2D eigenvalue weighted by Gasteiger charge is -2.16. The van der Waals surface area contributed by atoms with E-state index < -0.39 is 22.9 Å². The maximum Gasteiger partial charge on any atom is 0.335 e. The molecule has 216 valence electrons. The van der Waals surface area contributed by atoms with E-state index in [4.69, 9.17) is 4.74 Å². The van der Waals surface area contributed by atoms with E-state index in [2.05, 4.69) is 45.4 Å². The van der Waals surface area contributed by atoms with Gasteiger partial charge in [0.1, 0.15) is 23.0 Å². The number of aromatic nitrogens is 3. The number of H-pyrrole nitrogens is 2. The molecule has 0 unspecified atom stereocenters. The quantitative estimate of drug-likeness (QED) is 0.134. The third-order valence-corrected chi connectivity index (χ3v) is 7.08. The zero-order valence-electron chi connectivity index (χ0n) is 23.4. The van der Waals surface area contributed by atoms with E-state index in [-0.39, 0.29) is 23.6 Å². The molecule has 5 aromatic rings. The Morgan fingerprint density at radius 2 is 1.86 bits per heavy atom. The van der Waals surface area contributed by atoms with Crippen LogP contribution in [0.5, 0.6) is 11.6 Å². The molecule has 0 atom stereocenters. The van der Waals surface area contributed by atoms with Crippen LogP contribution in [0.25, 0.3) is 16.6 Å². The van der Waals surface area contributed by atoms with Gasteiger partial charge in [-0.25, -0.2) is 13.8 Å². The molecular weight excluding hydrogens is 537 g/mol. The van der Waals surface area contributed by atoms with Crippen LogP contribution >= 0.6 is 0 Å². The van der Waals surface area contributed by atoms with Gasteiger partial charge in [0.15, 0.2) is 0 Å². The van der Waals surface area contributed by atoms with Crippen molar-refractivity contribution in [3.05, 3.63) is 116 Å². The fourth-order valence-corrected chi connectivity index (χ4v) is 4.91. The number of aliphatic imine (C=N–C) groups is 1. The number of amidine groups is 1. The Bertz CT molecular complexity index is 1870. The molecule has 4 N–H and O–H groups in total. The summed E-state index contributed by atoms with van der Waals surface area (Å²) in [6.45, 7) is 2.40. The second-order valence-corrected chi connectivity index (χ2v) is 9.85. The normalized spacial score (nSPS) is 11.6. The lowest BCUT2D eigenvalue weighted by atomic mass is 10.0. The molecule has 2 aromatic heterocycles. The van der Waals surface area contributed by atoms with Gasteiger partial charge in [-0.05, 0) is 66.8 Å². The molecule has 42 heavy (non-hydrogen) atoms. The van der Waals surface area contributed by atoms with Crippen LogP contribution in [0.4, 0.5) is 10.1 Å². The van der Waals surface area contributed by atoms with E-state index in [1.807, 2.05) is 6.20 Å². The number of fused-ring (bicyclic) bond motifs is 1. The number of halogens is 1. The summed E-state index contributed by atoms with van der Waals surface area (Å²) in [5, 5.41) is 15.4. The van der Waals surface area contributed by atoms with Crippen molar-refractivity contribution in [3.63, 3.8) is 0 Å². The molecule has 9 nitrogen and oxygen atoms in total. The summed E-state index contributed by atoms with van der Waals surface area (Å²) in [7, 11) is 1.51. The number of anilines is 1. The molecule has 0 aliphatic rings. The standard InChI is InChI=1S/C32H32FN5O4/c1-3-4-9-20-14-15-24-22(18-20)21(19-35-24)16-17-34-29(36-25-11-6-8-13-27(25)42-2)28-30(39)37-32(41)38(31(28)40)26-12-7-5-10-23(26)33/h5-8,10-15,18-19,35,40H,3-4,9,16-17H2,1-2H3,(H,34,36)(H,37,39,41). The van der Waals surface area contributed by atoms with Gasteiger partial charge in [-0.1, -0.05) is 43.7 Å². The number of hydrogen-bond donors (Lipinski definition) is 4. The third kappa shape index (κ3) is 5.83. The third-order valence-electron chi connectivity index (χ3n) is 7.08. The highest BCUT2D eigenvalue weighted by Gasteiger charge is 2.23. The van der Waals surface area contributed by atoms with E-state index in [9.17, 15) is 19.1 Å². The van der Waals surface area contributed by atoms with Gasteiger partial charge in [0, 0.05) is 23.6 Å². The minimum Gasteiger partial charge on any atom is -0.495 e. The van der Waals surface area contributed by atoms with Crippen molar-refractivity contribution >= 4 is 22.4 Å². The molecule has 0 bridgehead atoms. The lowest BCUT2D eigenvalue weighted by molar-refractivity contribution is 0.417. The van der Waals surface area contributed by atoms with E-state index >= 15 is 0 Å². The highest BCUT2D eigenvalue weighted by molar-refractivity contribution is 6.10. The van der Waals surface area contributed by atoms with Crippen molar-refractivity contribution in [2.75, 3.05) is 19.0 Å². The van der Waals surface area contributed by atoms with Gasteiger partial charge in [-0.15, -0.1) is 0 Å². The van der Waals surface area contributed by atoms with Crippen molar-refractivity contribution in [2.24, 2.45) is 4.99 Å². The number of nitrogens with one attached hydrogen (secondary N) is 3. The van der Waals surface area contributed by atoms with Gasteiger partial charge in [0.2, 0.25) is 5.88 Å². The molecule has 0 spiro atoms. The number of aromatic hydroxyl groups is 1. The predicted molar refractivity (Wildman–Crippen MR) is 163 cm³/mol. The smallest absolute Gasteiger partial charge is 0.335 e. The monoisotopic (exact) mass is 569 g/mol. The fraction of sp³-hybridized carbons (Fsp3) is 0.219. The van der Waals surface area contributed by atoms with Crippen molar-refractivity contribution in [3.8, 4) is 17.3 Å². The first-order valence-corrected chi connectivity index (χ1v) is 13.8. The zero-order chi connectivity index (χ0) is 29.6. The summed E-state index contributed by atoms with van der Waals surface area (Å²) in [5.74, 6) is -1.03. The van der Waals surface area contributed by atoms with Crippen LogP contribution in [0.1, 0.15) is 36.5 Å². The number of hydrogen-bond acceptors (Lipinski definition) is 5. The molecule has 0 aliphatic carbocycles. The first-order valence-electron chi connectivity index (χ1n) is 13.8. The Morgan fingerprint density at radius 3 is 2.64 bits per heavy atom. The van der Waals surface area contributed by atoms with E-state index in [1.165, 1.54) is 30.9 Å². The van der Waals surface area contributed by atoms with Gasteiger partial charge in [0.25, 0.3) is 5.56 Å². The number of ether oxygens (including phenoxy) is 1. The van der Waals surface area contributed by atoms with Crippen molar-refractivity contribution < 1.29 is 14.2 Å². The molecule has 0 amide bonds. The zero-order valence-corrected chi connectivity index (χ0v) is 23.4. The Labute approximate surface area is 241 Å². The average Bonchev–Trinajstić information content (AvgIpc) is 3.39. The lowest BCUT2D eigenvalue weighted by Crippen LogP contribution is -2.35. The van der Waals surface area contributed by atoms with Crippen LogP contribution in [-0.2, 0) is 12.8 Å². The molecular formula is C32H32FN5O4. The Balaban J connectivity index is 1.57. The minimum atomic E-state index is -0.985. The van der Waals surface area contributed by atoms with E-state index in [0.717, 1.165) is 41.8 Å². The Hall–Kier alpha value is -5.12. The van der Waals surface area contributed by atoms with Crippen molar-refractivity contribution in [2.45, 2.75) is 32.6 Å². The number of aryl methyl sites for hydroxylation is 1. The first kappa shape index (κ1) is 28.4. The number of methoxy groups -OCH3 is 1. The van der Waals surface area contributed by atoms with Crippen LogP contribution in [-0.4, -0.2) is 39.1 Å². The fourth-order valence-electron chi connectivity index (χ4n) is 4.91. The molecule has 2 heterocycles. The average molecular weight is 570 g/mol. The summed E-state index contributed by atoms with van der Waals surface area (Å²) in [4.78, 5) is 36.0. The summed E-state index contributed by atoms with van der Waals surface area (Å²) in [5.41, 5.74) is 1.43. The first-order chi connectivity index (χ1) is 20.4. The number of unbranched alkanes of at least 4 members (excludes halogenated alkanes) is 1. The largest absolute Gasteiger partial charge is 0.495 e. The second kappa shape index (κ2) is 12.6. The van der Waals surface area contributed by atoms with Crippen molar-refractivity contribution in [1.82, 2.24) is 14.5 Å². The van der Waals surface area contributed by atoms with Gasteiger partial charge in [-0.2, -0.15) is 0 Å². The van der Waals surface area contributed by atoms with Crippen LogP contribution in [0.3, 0.4) is 0 Å². The van der Waals surface area contributed by atoms with Crippen LogP contribution in [0, 0.1) is 5.82 Å². The SMILES string of the molecule is CCCCc1ccc2[nH]cc(CCN=C(Nc3ccccc3OC)c3c(O)n(-c4ccccc4F)c(=O)[nH]c3=O)c2c1. The maximum atomic E-state index is 14.7. The minimum absolute atomic E-state index is 0.00758. The summed E-state index contributed by atoms with van der Waals surface area (Å²) < 4.78 is 20.8. The highest BCUT2D eigenvalue weighted by atomic mass is 19.1. The van der Waals surface area contributed by atoms with E-state index in [1.54, 1.807) is 24.3 Å². The van der Waals surface area contributed by atoms with Crippen molar-refractivity contribution in [1.29, 1.82) is 0 Å². The number of aromatic amines is 2. The van der Waals surface area contributed by atoms with Gasteiger partial charge in [0.05, 0.1) is 18.5 Å². The number of rotatable bonds is 10. The van der Waals surface area contributed by atoms with Gasteiger partial charge >= 0.3 is 5.69 Å². The molecule has 10 heteroatoms. The van der Waals surface area contributed by atoms with Crippen LogP contribution in [0.2, 0.25) is 0 Å². The Kier molecular flexibility index (Phi) is 8.52. The number of para-hydroxylation sites is 3. The Morgan fingerprint density at radius 1 is 1.07 bits per heavy atom. The maximum absolute atomic E-state index is 14.7. The molecule has 5 rings (SSSR count). The second-order valence-electron chi connectivity index (χ2n) is 9.85. The highest BCUT2D eigenvalue weighted by Crippen LogP contribution is 2.26.